The van der Waals surface area contributed by atoms with E-state index in [0.29, 0.717) is 5.56 Å². The zero-order chi connectivity index (χ0) is 32.4. The third kappa shape index (κ3) is 4.56. The zero-order valence-corrected chi connectivity index (χ0v) is 26.6. The Hall–Kier alpha value is -5.87. The molecule has 0 radical (unpaired) electrons. The van der Waals surface area contributed by atoms with Crippen molar-refractivity contribution < 1.29 is 13.9 Å². The summed E-state index contributed by atoms with van der Waals surface area (Å²) in [5.74, 6) is 2.90. The summed E-state index contributed by atoms with van der Waals surface area (Å²) in [6.07, 6.45) is 0. The molecule has 48 heavy (non-hydrogen) atoms. The number of rotatable bonds is 4. The average molecular weight is 621 g/mol. The minimum absolute atomic E-state index is 0.0739. The Labute approximate surface area is 280 Å². The van der Waals surface area contributed by atoms with Crippen LogP contribution in [0.5, 0.6) is 23.0 Å². The topological polar surface area (TPSA) is 18.5 Å². The van der Waals surface area contributed by atoms with Gasteiger partial charge in [-0.25, -0.2) is 4.39 Å². The molecule has 2 aliphatic rings. The van der Waals surface area contributed by atoms with Gasteiger partial charge in [-0.1, -0.05) is 115 Å². The van der Waals surface area contributed by atoms with Crippen LogP contribution >= 0.6 is 0 Å². The Morgan fingerprint density at radius 2 is 0.854 bits per heavy atom. The van der Waals surface area contributed by atoms with Crippen LogP contribution in [0.4, 0.5) is 4.39 Å². The summed E-state index contributed by atoms with van der Waals surface area (Å²) < 4.78 is 28.8. The van der Waals surface area contributed by atoms with Crippen molar-refractivity contribution in [1.29, 1.82) is 0 Å². The summed E-state index contributed by atoms with van der Waals surface area (Å²) in [6.45, 7) is 4.20. The summed E-state index contributed by atoms with van der Waals surface area (Å²) in [7, 11) is 0. The van der Waals surface area contributed by atoms with Gasteiger partial charge >= 0.3 is 0 Å². The minimum atomic E-state index is -0.257. The van der Waals surface area contributed by atoms with Crippen LogP contribution in [-0.4, -0.2) is 6.71 Å². The fraction of sp³-hybridized carbons (Fsp3) is 0.0455. The lowest BCUT2D eigenvalue weighted by Gasteiger charge is -2.34. The van der Waals surface area contributed by atoms with Crippen LogP contribution in [0.15, 0.2) is 146 Å². The quantitative estimate of drug-likeness (QED) is 0.182. The van der Waals surface area contributed by atoms with E-state index in [1.165, 1.54) is 28.3 Å². The molecular formula is C44H30BFO2. The molecule has 0 fully saturated rings. The number of halogens is 1. The Kier molecular flexibility index (Phi) is 6.58. The lowest BCUT2D eigenvalue weighted by Crippen LogP contribution is -2.57. The Balaban J connectivity index is 1.26. The number of fused-ring (bicyclic) bond motifs is 4. The standard InChI is InChI=1S/C44H30BFO2/c1-27-11-3-5-13-32(27)29-19-21-37-40(23-29)47-42-25-31(34-15-7-8-16-35(34)36-17-9-10-18-39(36)46)26-43-44(42)45(37)38-22-20-30(24-41(38)48-43)33-14-6-4-12-28(33)2/h3-26H,1-2H3. The molecule has 0 bridgehead atoms. The summed E-state index contributed by atoms with van der Waals surface area (Å²) >= 11 is 0. The minimum Gasteiger partial charge on any atom is -0.458 e. The fourth-order valence-electron chi connectivity index (χ4n) is 7.43. The van der Waals surface area contributed by atoms with E-state index in [1.54, 1.807) is 6.07 Å². The maximum absolute atomic E-state index is 15.1. The highest BCUT2D eigenvalue weighted by Crippen LogP contribution is 2.42. The molecule has 0 amide bonds. The van der Waals surface area contributed by atoms with E-state index in [1.807, 2.05) is 36.4 Å². The molecule has 2 aliphatic heterocycles. The molecule has 0 aliphatic carbocycles. The molecule has 7 aromatic rings. The smallest absolute Gasteiger partial charge is 0.260 e. The summed E-state index contributed by atoms with van der Waals surface area (Å²) in [4.78, 5) is 0. The van der Waals surface area contributed by atoms with Gasteiger partial charge in [-0.2, -0.15) is 0 Å². The predicted molar refractivity (Wildman–Crippen MR) is 195 cm³/mol. The van der Waals surface area contributed by atoms with Crippen LogP contribution in [0.25, 0.3) is 44.5 Å². The van der Waals surface area contributed by atoms with Crippen molar-refractivity contribution in [3.63, 3.8) is 0 Å². The van der Waals surface area contributed by atoms with Crippen molar-refractivity contribution in [2.24, 2.45) is 0 Å². The molecule has 0 spiro atoms. The molecule has 0 aromatic heterocycles. The van der Waals surface area contributed by atoms with Crippen molar-refractivity contribution in [3.05, 3.63) is 163 Å². The van der Waals surface area contributed by atoms with E-state index in [4.69, 9.17) is 9.47 Å². The van der Waals surface area contributed by atoms with Crippen molar-refractivity contribution >= 4 is 23.1 Å². The van der Waals surface area contributed by atoms with Gasteiger partial charge in [0.05, 0.1) is 0 Å². The molecule has 0 saturated carbocycles. The van der Waals surface area contributed by atoms with Gasteiger partial charge in [-0.15, -0.1) is 0 Å². The number of hydrogen-bond acceptors (Lipinski definition) is 2. The molecule has 0 N–H and O–H groups in total. The number of benzene rings is 7. The van der Waals surface area contributed by atoms with Crippen LogP contribution in [0.1, 0.15) is 11.1 Å². The first-order chi connectivity index (χ1) is 23.5. The van der Waals surface area contributed by atoms with E-state index in [2.05, 4.69) is 111 Å². The molecule has 2 nitrogen and oxygen atoms in total. The third-order valence-corrected chi connectivity index (χ3v) is 9.80. The van der Waals surface area contributed by atoms with Crippen LogP contribution in [-0.2, 0) is 0 Å². The van der Waals surface area contributed by atoms with E-state index in [9.17, 15) is 0 Å². The molecule has 2 heterocycles. The van der Waals surface area contributed by atoms with Gasteiger partial charge in [0.2, 0.25) is 0 Å². The monoisotopic (exact) mass is 620 g/mol. The zero-order valence-electron chi connectivity index (χ0n) is 26.6. The van der Waals surface area contributed by atoms with Crippen molar-refractivity contribution in [1.82, 2.24) is 0 Å². The number of aryl methyl sites for hydroxylation is 2. The van der Waals surface area contributed by atoms with Crippen LogP contribution < -0.4 is 25.9 Å². The molecule has 0 atom stereocenters. The molecular weight excluding hydrogens is 590 g/mol. The maximum atomic E-state index is 15.1. The van der Waals surface area contributed by atoms with Crippen LogP contribution in [0.3, 0.4) is 0 Å². The largest absolute Gasteiger partial charge is 0.458 e. The van der Waals surface area contributed by atoms with Gasteiger partial charge in [0.15, 0.2) is 0 Å². The number of ether oxygens (including phenoxy) is 2. The van der Waals surface area contributed by atoms with Gasteiger partial charge in [0.25, 0.3) is 6.71 Å². The van der Waals surface area contributed by atoms with E-state index >= 15 is 4.39 Å². The normalized spacial score (nSPS) is 12.4. The second kappa shape index (κ2) is 11.1. The highest BCUT2D eigenvalue weighted by atomic mass is 19.1. The van der Waals surface area contributed by atoms with Crippen molar-refractivity contribution in [2.75, 3.05) is 0 Å². The molecule has 7 aromatic carbocycles. The Bertz CT molecular complexity index is 2290. The molecule has 0 saturated heterocycles. The first kappa shape index (κ1) is 28.4. The van der Waals surface area contributed by atoms with Crippen LogP contribution in [0.2, 0.25) is 0 Å². The molecule has 4 heteroatoms. The summed E-state index contributed by atoms with van der Waals surface area (Å²) in [6, 6.07) is 49.0. The first-order valence-electron chi connectivity index (χ1n) is 16.3. The Morgan fingerprint density at radius 3 is 1.38 bits per heavy atom. The lowest BCUT2D eigenvalue weighted by atomic mass is 9.34. The van der Waals surface area contributed by atoms with Gasteiger partial charge in [0.1, 0.15) is 28.8 Å². The maximum Gasteiger partial charge on any atom is 0.260 e. The van der Waals surface area contributed by atoms with E-state index < -0.39 is 0 Å². The van der Waals surface area contributed by atoms with Gasteiger partial charge in [0, 0.05) is 11.0 Å². The van der Waals surface area contributed by atoms with E-state index in [0.717, 1.165) is 67.2 Å². The highest BCUT2D eigenvalue weighted by molar-refractivity contribution is 6.98. The Morgan fingerprint density at radius 1 is 0.417 bits per heavy atom. The van der Waals surface area contributed by atoms with Crippen molar-refractivity contribution in [3.8, 4) is 67.5 Å². The van der Waals surface area contributed by atoms with Gasteiger partial charge in [-0.05, 0) is 105 Å². The second-order valence-corrected chi connectivity index (χ2v) is 12.7. The van der Waals surface area contributed by atoms with Crippen molar-refractivity contribution in [2.45, 2.75) is 13.8 Å². The summed E-state index contributed by atoms with van der Waals surface area (Å²) in [5.41, 5.74) is 13.4. The molecule has 0 unspecified atom stereocenters. The highest BCUT2D eigenvalue weighted by Gasteiger charge is 2.41. The van der Waals surface area contributed by atoms with Gasteiger partial charge < -0.3 is 9.47 Å². The SMILES string of the molecule is Cc1ccccc1-c1ccc2c(c1)Oc1cc(-c3ccccc3-c3ccccc3F)cc3c1B2c1ccc(-c2ccccc2C)cc1O3. The average Bonchev–Trinajstić information content (AvgIpc) is 3.11. The predicted octanol–water partition coefficient (Wildman–Crippen LogP) is 9.84. The third-order valence-electron chi connectivity index (χ3n) is 9.80. The summed E-state index contributed by atoms with van der Waals surface area (Å²) in [5, 5.41) is 0. The molecule has 9 rings (SSSR count). The fourth-order valence-corrected chi connectivity index (χ4v) is 7.43. The lowest BCUT2D eigenvalue weighted by molar-refractivity contribution is 0.465. The van der Waals surface area contributed by atoms with Gasteiger partial charge in [-0.3, -0.25) is 0 Å². The molecule has 228 valence electrons. The number of hydrogen-bond donors (Lipinski definition) is 0. The first-order valence-corrected chi connectivity index (χ1v) is 16.3. The van der Waals surface area contributed by atoms with Crippen LogP contribution in [0, 0.1) is 19.7 Å². The van der Waals surface area contributed by atoms with E-state index in [-0.39, 0.29) is 12.5 Å². The second-order valence-electron chi connectivity index (χ2n) is 12.7.